The number of carbonyl (C=O) groups excluding carboxylic acids is 1. The summed E-state index contributed by atoms with van der Waals surface area (Å²) in [6.45, 7) is 2.33. The van der Waals surface area contributed by atoms with E-state index < -0.39 is 0 Å². The highest BCUT2D eigenvalue weighted by Gasteiger charge is 2.00. The predicted molar refractivity (Wildman–Crippen MR) is 65.2 cm³/mol. The zero-order valence-corrected chi connectivity index (χ0v) is 9.95. The lowest BCUT2D eigenvalue weighted by molar-refractivity contribution is -0.143. The quantitative estimate of drug-likeness (QED) is 0.520. The Morgan fingerprint density at radius 3 is 2.56 bits per heavy atom. The first-order valence-electron chi connectivity index (χ1n) is 6.02. The topological polar surface area (TPSA) is 26.3 Å². The van der Waals surface area contributed by atoms with Gasteiger partial charge in [0.2, 0.25) is 0 Å². The molecule has 0 radical (unpaired) electrons. The van der Waals surface area contributed by atoms with Crippen molar-refractivity contribution in [2.24, 2.45) is 0 Å². The Kier molecular flexibility index (Phi) is 6.31. The number of esters is 1. The van der Waals surface area contributed by atoms with Crippen LogP contribution in [0.5, 0.6) is 0 Å². The highest BCUT2D eigenvalue weighted by atomic mass is 16.5. The third kappa shape index (κ3) is 5.54. The molecule has 0 heterocycles. The van der Waals surface area contributed by atoms with E-state index >= 15 is 0 Å². The third-order valence-corrected chi connectivity index (χ3v) is 2.49. The Bertz CT molecular complexity index is 293. The number of rotatable bonds is 7. The van der Waals surface area contributed by atoms with Crippen molar-refractivity contribution in [1.29, 1.82) is 0 Å². The molecule has 2 nitrogen and oxygen atoms in total. The Morgan fingerprint density at radius 1 is 1.12 bits per heavy atom. The number of ether oxygens (including phenoxy) is 1. The van der Waals surface area contributed by atoms with Crippen molar-refractivity contribution < 1.29 is 9.53 Å². The van der Waals surface area contributed by atoms with E-state index in [1.54, 1.807) is 0 Å². The first-order valence-corrected chi connectivity index (χ1v) is 6.02. The summed E-state index contributed by atoms with van der Waals surface area (Å²) in [5.74, 6) is -0.0674. The van der Waals surface area contributed by atoms with Gasteiger partial charge < -0.3 is 4.74 Å². The lowest BCUT2D eigenvalue weighted by atomic mass is 10.1. The van der Waals surface area contributed by atoms with Crippen LogP contribution in [0.1, 0.15) is 38.2 Å². The average Bonchev–Trinajstić information content (AvgIpc) is 2.30. The van der Waals surface area contributed by atoms with Gasteiger partial charge in [-0.1, -0.05) is 36.8 Å². The summed E-state index contributed by atoms with van der Waals surface area (Å²) in [5, 5.41) is 0. The van der Waals surface area contributed by atoms with Crippen LogP contribution < -0.4 is 0 Å². The molecule has 0 fully saturated rings. The summed E-state index contributed by atoms with van der Waals surface area (Å²) < 4.78 is 4.87. The molecule has 0 aliphatic heterocycles. The van der Waals surface area contributed by atoms with E-state index in [2.05, 4.69) is 24.3 Å². The molecule has 1 aromatic rings. The zero-order chi connectivity index (χ0) is 11.6. The second-order valence-corrected chi connectivity index (χ2v) is 3.85. The average molecular weight is 220 g/mol. The Labute approximate surface area is 97.6 Å². The zero-order valence-electron chi connectivity index (χ0n) is 9.95. The summed E-state index contributed by atoms with van der Waals surface area (Å²) in [5.41, 5.74) is 1.37. The molecule has 0 saturated heterocycles. The Morgan fingerprint density at radius 2 is 1.88 bits per heavy atom. The minimum Gasteiger partial charge on any atom is -0.466 e. The fraction of sp³-hybridized carbons (Fsp3) is 0.500. The molecule has 2 heteroatoms. The van der Waals surface area contributed by atoms with Gasteiger partial charge in [-0.15, -0.1) is 0 Å². The predicted octanol–water partition coefficient (Wildman–Crippen LogP) is 3.35. The number of hydrogen-bond acceptors (Lipinski definition) is 2. The van der Waals surface area contributed by atoms with E-state index in [-0.39, 0.29) is 5.97 Å². The number of aryl methyl sites for hydroxylation is 1. The fourth-order valence-electron chi connectivity index (χ4n) is 1.65. The van der Waals surface area contributed by atoms with Crippen molar-refractivity contribution >= 4 is 5.97 Å². The van der Waals surface area contributed by atoms with Gasteiger partial charge in [-0.2, -0.15) is 0 Å². The van der Waals surface area contributed by atoms with Crippen molar-refractivity contribution in [3.8, 4) is 0 Å². The summed E-state index contributed by atoms with van der Waals surface area (Å²) in [4.78, 5) is 11.1. The maximum absolute atomic E-state index is 11.1. The first kappa shape index (κ1) is 12.8. The van der Waals surface area contributed by atoms with Crippen LogP contribution in [0.25, 0.3) is 0 Å². The molecular weight excluding hydrogens is 200 g/mol. The molecule has 0 spiro atoms. The van der Waals surface area contributed by atoms with Crippen LogP contribution in [0, 0.1) is 0 Å². The van der Waals surface area contributed by atoms with Gasteiger partial charge in [0.05, 0.1) is 6.61 Å². The van der Waals surface area contributed by atoms with Crippen molar-refractivity contribution in [2.45, 2.75) is 39.0 Å². The standard InChI is InChI=1S/C14H20O2/c1-2-16-14(15)12-8-4-7-11-13-9-5-3-6-10-13/h3,5-6,9-10H,2,4,7-8,11-12H2,1H3. The number of benzene rings is 1. The normalized spacial score (nSPS) is 10.1. The van der Waals surface area contributed by atoms with E-state index in [0.717, 1.165) is 25.7 Å². The Balaban J connectivity index is 2.02. The number of hydrogen-bond donors (Lipinski definition) is 0. The summed E-state index contributed by atoms with van der Waals surface area (Å²) in [6, 6.07) is 10.4. The van der Waals surface area contributed by atoms with Crippen LogP contribution in [-0.4, -0.2) is 12.6 Å². The van der Waals surface area contributed by atoms with E-state index in [1.165, 1.54) is 5.56 Å². The highest BCUT2D eigenvalue weighted by Crippen LogP contribution is 2.07. The molecule has 0 aliphatic carbocycles. The molecule has 0 saturated carbocycles. The molecule has 88 valence electrons. The molecule has 0 aromatic heterocycles. The molecule has 0 atom stereocenters. The van der Waals surface area contributed by atoms with Gasteiger partial charge in [-0.25, -0.2) is 0 Å². The van der Waals surface area contributed by atoms with Gasteiger partial charge in [0.25, 0.3) is 0 Å². The molecule has 1 rings (SSSR count). The molecule has 1 aromatic carbocycles. The third-order valence-electron chi connectivity index (χ3n) is 2.49. The van der Waals surface area contributed by atoms with Gasteiger partial charge >= 0.3 is 5.97 Å². The van der Waals surface area contributed by atoms with Crippen molar-refractivity contribution in [3.05, 3.63) is 35.9 Å². The smallest absolute Gasteiger partial charge is 0.305 e. The van der Waals surface area contributed by atoms with E-state index in [1.807, 2.05) is 13.0 Å². The number of unbranched alkanes of at least 4 members (excludes halogenated alkanes) is 2. The van der Waals surface area contributed by atoms with Crippen LogP contribution >= 0.6 is 0 Å². The molecular formula is C14H20O2. The molecule has 0 aliphatic rings. The second-order valence-electron chi connectivity index (χ2n) is 3.85. The molecule has 0 unspecified atom stereocenters. The van der Waals surface area contributed by atoms with Gasteiger partial charge in [-0.05, 0) is 31.7 Å². The van der Waals surface area contributed by atoms with Gasteiger partial charge in [-0.3, -0.25) is 4.79 Å². The van der Waals surface area contributed by atoms with Crippen LogP contribution in [0.2, 0.25) is 0 Å². The van der Waals surface area contributed by atoms with Crippen molar-refractivity contribution in [3.63, 3.8) is 0 Å². The maximum Gasteiger partial charge on any atom is 0.305 e. The lowest BCUT2D eigenvalue weighted by Gasteiger charge is -2.02. The van der Waals surface area contributed by atoms with Crippen LogP contribution in [0.15, 0.2) is 30.3 Å². The van der Waals surface area contributed by atoms with Gasteiger partial charge in [0.1, 0.15) is 0 Å². The monoisotopic (exact) mass is 220 g/mol. The molecule has 16 heavy (non-hydrogen) atoms. The van der Waals surface area contributed by atoms with Crippen molar-refractivity contribution in [1.82, 2.24) is 0 Å². The maximum atomic E-state index is 11.1. The van der Waals surface area contributed by atoms with Gasteiger partial charge in [0.15, 0.2) is 0 Å². The highest BCUT2D eigenvalue weighted by molar-refractivity contribution is 5.69. The molecule has 0 bridgehead atoms. The van der Waals surface area contributed by atoms with Crippen LogP contribution in [-0.2, 0) is 16.0 Å². The summed E-state index contributed by atoms with van der Waals surface area (Å²) in [6.07, 6.45) is 4.83. The minimum absolute atomic E-state index is 0.0674. The first-order chi connectivity index (χ1) is 7.83. The molecule has 0 N–H and O–H groups in total. The fourth-order valence-corrected chi connectivity index (χ4v) is 1.65. The summed E-state index contributed by atoms with van der Waals surface area (Å²) >= 11 is 0. The van der Waals surface area contributed by atoms with Gasteiger partial charge in [0, 0.05) is 6.42 Å². The number of carbonyl (C=O) groups is 1. The Hall–Kier alpha value is -1.31. The molecule has 0 amide bonds. The van der Waals surface area contributed by atoms with E-state index in [0.29, 0.717) is 13.0 Å². The van der Waals surface area contributed by atoms with Crippen LogP contribution in [0.4, 0.5) is 0 Å². The van der Waals surface area contributed by atoms with E-state index in [9.17, 15) is 4.79 Å². The van der Waals surface area contributed by atoms with Crippen LogP contribution in [0.3, 0.4) is 0 Å². The van der Waals surface area contributed by atoms with E-state index in [4.69, 9.17) is 4.74 Å². The summed E-state index contributed by atoms with van der Waals surface area (Å²) in [7, 11) is 0. The largest absolute Gasteiger partial charge is 0.466 e. The van der Waals surface area contributed by atoms with Crippen molar-refractivity contribution in [2.75, 3.05) is 6.61 Å². The lowest BCUT2D eigenvalue weighted by Crippen LogP contribution is -2.03. The second kappa shape index (κ2) is 7.91. The minimum atomic E-state index is -0.0674. The SMILES string of the molecule is CCOC(=O)CCCCCc1ccccc1.